The molecule has 9 heteroatoms. The molecule has 1 aliphatic heterocycles. The lowest BCUT2D eigenvalue weighted by Gasteiger charge is -2.42. The molecule has 31 heavy (non-hydrogen) atoms. The van der Waals surface area contributed by atoms with Crippen LogP contribution in [0.15, 0.2) is 35.3 Å². The number of aromatic amines is 1. The highest BCUT2D eigenvalue weighted by atomic mass is 19.1. The number of rotatable bonds is 6. The molecule has 1 fully saturated rings. The standard InChI is InChI=1S/C22H24FN5O3/c1-4-13-7-17-18(27-21(13)29)8-14(9-25-17)12(2)28-10-15(11-28)31-19-6-5-16(22(30)24-3)26-20(19)23/h5-9,12,15H,4,10-11H2,1-3H3,(H,24,30)(H,27,29)/t12-/m1/s1. The van der Waals surface area contributed by atoms with Crippen molar-refractivity contribution in [2.45, 2.75) is 32.4 Å². The maximum Gasteiger partial charge on any atom is 0.269 e. The molecule has 8 nitrogen and oxygen atoms in total. The fraction of sp³-hybridized carbons (Fsp3) is 0.364. The number of aromatic nitrogens is 3. The summed E-state index contributed by atoms with van der Waals surface area (Å²) in [4.78, 5) is 36.9. The van der Waals surface area contributed by atoms with Crippen LogP contribution in [0, 0.1) is 5.95 Å². The van der Waals surface area contributed by atoms with Crippen LogP contribution in [0.3, 0.4) is 0 Å². The van der Waals surface area contributed by atoms with Crippen LogP contribution in [0.5, 0.6) is 5.75 Å². The van der Waals surface area contributed by atoms with E-state index in [1.54, 1.807) is 0 Å². The Morgan fingerprint density at radius 3 is 2.84 bits per heavy atom. The van der Waals surface area contributed by atoms with Gasteiger partial charge in [0, 0.05) is 37.9 Å². The van der Waals surface area contributed by atoms with Crippen LogP contribution in [0.2, 0.25) is 0 Å². The van der Waals surface area contributed by atoms with Crippen LogP contribution in [0.4, 0.5) is 4.39 Å². The van der Waals surface area contributed by atoms with E-state index in [2.05, 4.69) is 32.1 Å². The number of carbonyl (C=O) groups is 1. The SMILES string of the molecule is CCc1cc2ncc([C@@H](C)N3CC(Oc4ccc(C(=O)NC)nc4F)C3)cc2[nH]c1=O. The number of nitrogens with one attached hydrogen (secondary N) is 2. The Morgan fingerprint density at radius 2 is 2.16 bits per heavy atom. The van der Waals surface area contributed by atoms with E-state index in [0.29, 0.717) is 30.6 Å². The normalized spacial score (nSPS) is 15.5. The number of likely N-dealkylation sites (tertiary alicyclic amines) is 1. The lowest BCUT2D eigenvalue weighted by Crippen LogP contribution is -2.54. The van der Waals surface area contributed by atoms with Crippen LogP contribution in [0.1, 0.15) is 41.5 Å². The van der Waals surface area contributed by atoms with Crippen molar-refractivity contribution < 1.29 is 13.9 Å². The van der Waals surface area contributed by atoms with Crippen molar-refractivity contribution >= 4 is 16.9 Å². The molecule has 0 bridgehead atoms. The topological polar surface area (TPSA) is 100 Å². The zero-order chi connectivity index (χ0) is 22.1. The summed E-state index contributed by atoms with van der Waals surface area (Å²) < 4.78 is 19.9. The zero-order valence-electron chi connectivity index (χ0n) is 17.6. The number of H-pyrrole nitrogens is 1. The maximum absolute atomic E-state index is 14.2. The van der Waals surface area contributed by atoms with Crippen LogP contribution < -0.4 is 15.6 Å². The molecule has 0 aliphatic carbocycles. The van der Waals surface area contributed by atoms with Crippen LogP contribution in [-0.2, 0) is 6.42 Å². The van der Waals surface area contributed by atoms with Crippen molar-refractivity contribution in [3.8, 4) is 5.75 Å². The molecule has 2 N–H and O–H groups in total. The van der Waals surface area contributed by atoms with Gasteiger partial charge in [-0.05, 0) is 43.2 Å². The Kier molecular flexibility index (Phi) is 5.69. The van der Waals surface area contributed by atoms with Crippen molar-refractivity contribution in [2.24, 2.45) is 0 Å². The van der Waals surface area contributed by atoms with Gasteiger partial charge in [-0.15, -0.1) is 0 Å². The van der Waals surface area contributed by atoms with Gasteiger partial charge in [-0.3, -0.25) is 19.5 Å². The van der Waals surface area contributed by atoms with E-state index in [0.717, 1.165) is 11.1 Å². The molecule has 3 aromatic rings. The first-order valence-electron chi connectivity index (χ1n) is 10.2. The number of hydrogen-bond acceptors (Lipinski definition) is 6. The minimum atomic E-state index is -0.804. The van der Waals surface area contributed by atoms with Gasteiger partial charge in [0.15, 0.2) is 5.75 Å². The predicted octanol–water partition coefficient (Wildman–Crippen LogP) is 2.20. The minimum Gasteiger partial charge on any atom is -0.483 e. The van der Waals surface area contributed by atoms with Gasteiger partial charge in [0.25, 0.3) is 17.4 Å². The number of ether oxygens (including phenoxy) is 1. The average molecular weight is 425 g/mol. The maximum atomic E-state index is 14.2. The summed E-state index contributed by atoms with van der Waals surface area (Å²) in [5, 5.41) is 2.40. The van der Waals surface area contributed by atoms with Gasteiger partial charge in [0.2, 0.25) is 0 Å². The van der Waals surface area contributed by atoms with Gasteiger partial charge >= 0.3 is 0 Å². The third-order valence-electron chi connectivity index (χ3n) is 5.65. The van der Waals surface area contributed by atoms with E-state index in [1.807, 2.05) is 25.3 Å². The summed E-state index contributed by atoms with van der Waals surface area (Å²) in [6.07, 6.45) is 2.30. The highest BCUT2D eigenvalue weighted by molar-refractivity contribution is 5.92. The van der Waals surface area contributed by atoms with E-state index >= 15 is 0 Å². The van der Waals surface area contributed by atoms with E-state index in [9.17, 15) is 14.0 Å². The van der Waals surface area contributed by atoms with E-state index in [1.165, 1.54) is 19.2 Å². The average Bonchev–Trinajstić information content (AvgIpc) is 2.74. The van der Waals surface area contributed by atoms with Crippen LogP contribution >= 0.6 is 0 Å². The fourth-order valence-electron chi connectivity index (χ4n) is 3.65. The van der Waals surface area contributed by atoms with Gasteiger partial charge in [0.1, 0.15) is 11.8 Å². The summed E-state index contributed by atoms with van der Waals surface area (Å²) in [5.74, 6) is -1.23. The number of aryl methyl sites for hydroxylation is 1. The van der Waals surface area contributed by atoms with Crippen molar-refractivity contribution in [2.75, 3.05) is 20.1 Å². The second-order valence-corrected chi connectivity index (χ2v) is 7.61. The summed E-state index contributed by atoms with van der Waals surface area (Å²) in [6.45, 7) is 5.22. The minimum absolute atomic E-state index is 0.00381. The molecular formula is C22H24FN5O3. The Balaban J connectivity index is 1.41. The summed E-state index contributed by atoms with van der Waals surface area (Å²) >= 11 is 0. The monoisotopic (exact) mass is 425 g/mol. The Bertz CT molecular complexity index is 1190. The molecule has 0 saturated carbocycles. The summed E-state index contributed by atoms with van der Waals surface area (Å²) in [5.41, 5.74) is 3.09. The van der Waals surface area contributed by atoms with Gasteiger partial charge in [-0.2, -0.15) is 4.39 Å². The van der Waals surface area contributed by atoms with Gasteiger partial charge in [0.05, 0.1) is 11.0 Å². The van der Waals surface area contributed by atoms with E-state index in [4.69, 9.17) is 4.74 Å². The number of halogens is 1. The molecule has 0 unspecified atom stereocenters. The molecule has 3 aromatic heterocycles. The predicted molar refractivity (Wildman–Crippen MR) is 114 cm³/mol. The molecule has 162 valence electrons. The number of nitrogens with zero attached hydrogens (tertiary/aromatic N) is 3. The molecule has 4 heterocycles. The first-order valence-corrected chi connectivity index (χ1v) is 10.2. The largest absolute Gasteiger partial charge is 0.483 e. The molecule has 0 aromatic carbocycles. The highest BCUT2D eigenvalue weighted by Crippen LogP contribution is 2.29. The van der Waals surface area contributed by atoms with Crippen LogP contribution in [-0.4, -0.2) is 52.0 Å². The van der Waals surface area contributed by atoms with E-state index < -0.39 is 11.9 Å². The van der Waals surface area contributed by atoms with Gasteiger partial charge in [-0.25, -0.2) is 4.98 Å². The van der Waals surface area contributed by atoms with Crippen LogP contribution in [0.25, 0.3) is 11.0 Å². The van der Waals surface area contributed by atoms with Gasteiger partial charge < -0.3 is 15.0 Å². The van der Waals surface area contributed by atoms with Crippen molar-refractivity contribution in [3.63, 3.8) is 0 Å². The third kappa shape index (κ3) is 4.13. The lowest BCUT2D eigenvalue weighted by molar-refractivity contribution is -0.00754. The lowest BCUT2D eigenvalue weighted by atomic mass is 10.0. The second kappa shape index (κ2) is 8.43. The zero-order valence-corrected chi connectivity index (χ0v) is 17.6. The molecule has 4 rings (SSSR count). The first kappa shape index (κ1) is 20.9. The molecule has 0 radical (unpaired) electrons. The van der Waals surface area contributed by atoms with Crippen molar-refractivity contribution in [1.29, 1.82) is 0 Å². The van der Waals surface area contributed by atoms with Crippen molar-refractivity contribution in [3.05, 3.63) is 63.6 Å². The molecule has 1 aliphatic rings. The number of fused-ring (bicyclic) bond motifs is 1. The smallest absolute Gasteiger partial charge is 0.269 e. The molecular weight excluding hydrogens is 401 g/mol. The Morgan fingerprint density at radius 1 is 1.39 bits per heavy atom. The fourth-order valence-corrected chi connectivity index (χ4v) is 3.65. The summed E-state index contributed by atoms with van der Waals surface area (Å²) in [6, 6.07) is 6.69. The molecule has 0 spiro atoms. The number of hydrogen-bond donors (Lipinski definition) is 2. The molecule has 1 atom stereocenters. The quantitative estimate of drug-likeness (QED) is 0.588. The Labute approximate surface area is 178 Å². The molecule has 1 saturated heterocycles. The second-order valence-electron chi connectivity index (χ2n) is 7.61. The number of pyridine rings is 3. The first-order chi connectivity index (χ1) is 14.9. The third-order valence-corrected chi connectivity index (χ3v) is 5.65. The van der Waals surface area contributed by atoms with Crippen molar-refractivity contribution in [1.82, 2.24) is 25.2 Å². The van der Waals surface area contributed by atoms with Gasteiger partial charge in [-0.1, -0.05) is 6.92 Å². The van der Waals surface area contributed by atoms with E-state index in [-0.39, 0.29) is 29.1 Å². The molecule has 1 amide bonds. The number of carbonyl (C=O) groups excluding carboxylic acids is 1. The highest BCUT2D eigenvalue weighted by Gasteiger charge is 2.33. The Hall–Kier alpha value is -3.33. The number of amides is 1. The summed E-state index contributed by atoms with van der Waals surface area (Å²) in [7, 11) is 1.46.